The van der Waals surface area contributed by atoms with Crippen LogP contribution in [-0.2, 0) is 10.9 Å². The van der Waals surface area contributed by atoms with Gasteiger partial charge in [0.2, 0.25) is 11.9 Å². The highest BCUT2D eigenvalue weighted by atomic mass is 35.5. The van der Waals surface area contributed by atoms with E-state index < -0.39 is 11.7 Å². The van der Waals surface area contributed by atoms with Crippen LogP contribution in [0.25, 0.3) is 16.9 Å². The standard InChI is InChI=1S/C18H18ClF3N6O/c1-17(2-4-29-5-3-17)27-16-24-9-13-14(26-16)28(15(23)25-13)12-7-10(18(20,21)22)6-11(19)8-12/h6-9H,2-5H2,1H3,(H2,23,25)(H,24,26,27). The number of nitrogens with zero attached hydrogens (tertiary/aromatic N) is 4. The average molecular weight is 427 g/mol. The van der Waals surface area contributed by atoms with E-state index in [0.717, 1.165) is 25.0 Å². The number of rotatable bonds is 3. The Morgan fingerprint density at radius 3 is 2.62 bits per heavy atom. The minimum Gasteiger partial charge on any atom is -0.381 e. The van der Waals surface area contributed by atoms with Crippen LogP contribution in [-0.4, -0.2) is 38.3 Å². The molecule has 3 N–H and O–H groups in total. The molecule has 11 heteroatoms. The SMILES string of the molecule is CC1(Nc2ncc3nc(N)n(-c4cc(Cl)cc(C(F)(F)F)c4)c3n2)CCOCC1. The van der Waals surface area contributed by atoms with Crippen molar-refractivity contribution in [3.8, 4) is 5.69 Å². The first-order chi connectivity index (χ1) is 13.6. The Labute approximate surface area is 169 Å². The van der Waals surface area contributed by atoms with Gasteiger partial charge in [-0.2, -0.15) is 18.2 Å². The van der Waals surface area contributed by atoms with Crippen LogP contribution in [0, 0.1) is 0 Å². The summed E-state index contributed by atoms with van der Waals surface area (Å²) in [4.78, 5) is 12.9. The summed E-state index contributed by atoms with van der Waals surface area (Å²) in [6.45, 7) is 3.29. The molecule has 0 bridgehead atoms. The summed E-state index contributed by atoms with van der Waals surface area (Å²) in [5.74, 6) is 0.320. The van der Waals surface area contributed by atoms with Crippen molar-refractivity contribution in [2.75, 3.05) is 24.3 Å². The van der Waals surface area contributed by atoms with Crippen LogP contribution in [0.2, 0.25) is 5.02 Å². The van der Waals surface area contributed by atoms with E-state index in [2.05, 4.69) is 20.3 Å². The van der Waals surface area contributed by atoms with E-state index in [0.29, 0.717) is 24.7 Å². The molecule has 29 heavy (non-hydrogen) atoms. The van der Waals surface area contributed by atoms with Gasteiger partial charge in [-0.3, -0.25) is 4.57 Å². The molecular weight excluding hydrogens is 409 g/mol. The van der Waals surface area contributed by atoms with Gasteiger partial charge in [0.1, 0.15) is 5.52 Å². The molecule has 7 nitrogen and oxygen atoms in total. The third kappa shape index (κ3) is 3.95. The fourth-order valence-corrected chi connectivity index (χ4v) is 3.52. The number of alkyl halides is 3. The molecule has 0 aliphatic carbocycles. The van der Waals surface area contributed by atoms with E-state index in [1.165, 1.54) is 16.8 Å². The lowest BCUT2D eigenvalue weighted by Crippen LogP contribution is -2.41. The number of hydrogen-bond donors (Lipinski definition) is 2. The molecule has 0 atom stereocenters. The molecule has 154 valence electrons. The highest BCUT2D eigenvalue weighted by molar-refractivity contribution is 6.30. The number of aromatic nitrogens is 4. The van der Waals surface area contributed by atoms with Crippen molar-refractivity contribution in [1.82, 2.24) is 19.5 Å². The van der Waals surface area contributed by atoms with Gasteiger partial charge >= 0.3 is 6.18 Å². The van der Waals surface area contributed by atoms with Crippen LogP contribution in [0.3, 0.4) is 0 Å². The van der Waals surface area contributed by atoms with Crippen LogP contribution < -0.4 is 11.1 Å². The number of fused-ring (bicyclic) bond motifs is 1. The Bertz CT molecular complexity index is 1060. The lowest BCUT2D eigenvalue weighted by Gasteiger charge is -2.34. The molecule has 0 radical (unpaired) electrons. The maximum atomic E-state index is 13.2. The number of benzene rings is 1. The van der Waals surface area contributed by atoms with Gasteiger partial charge in [-0.05, 0) is 38.0 Å². The molecule has 1 aromatic carbocycles. The molecule has 3 aromatic rings. The molecule has 1 fully saturated rings. The van der Waals surface area contributed by atoms with Crippen LogP contribution in [0.5, 0.6) is 0 Å². The number of ether oxygens (including phenoxy) is 1. The number of anilines is 2. The Morgan fingerprint density at radius 2 is 1.93 bits per heavy atom. The maximum absolute atomic E-state index is 13.2. The fourth-order valence-electron chi connectivity index (χ4n) is 3.29. The van der Waals surface area contributed by atoms with Gasteiger partial charge in [0.05, 0.1) is 17.4 Å². The molecular formula is C18H18ClF3N6O. The second-order valence-corrected chi connectivity index (χ2v) is 7.64. The molecule has 0 saturated carbocycles. The van der Waals surface area contributed by atoms with E-state index in [1.54, 1.807) is 0 Å². The van der Waals surface area contributed by atoms with Gasteiger partial charge in [-0.1, -0.05) is 11.6 Å². The summed E-state index contributed by atoms with van der Waals surface area (Å²) in [7, 11) is 0. The highest BCUT2D eigenvalue weighted by Gasteiger charge is 2.32. The van der Waals surface area contributed by atoms with Gasteiger partial charge < -0.3 is 15.8 Å². The van der Waals surface area contributed by atoms with Gasteiger partial charge in [0.25, 0.3) is 0 Å². The summed E-state index contributed by atoms with van der Waals surface area (Å²) in [6.07, 6.45) is -1.52. The molecule has 3 heterocycles. The number of imidazole rings is 1. The van der Waals surface area contributed by atoms with Crippen molar-refractivity contribution in [3.05, 3.63) is 35.0 Å². The van der Waals surface area contributed by atoms with Gasteiger partial charge in [0, 0.05) is 23.8 Å². The first-order valence-electron chi connectivity index (χ1n) is 8.90. The first-order valence-corrected chi connectivity index (χ1v) is 9.27. The zero-order chi connectivity index (χ0) is 20.8. The molecule has 0 amide bonds. The summed E-state index contributed by atoms with van der Waals surface area (Å²) >= 11 is 5.92. The van der Waals surface area contributed by atoms with Crippen LogP contribution in [0.4, 0.5) is 25.1 Å². The monoisotopic (exact) mass is 426 g/mol. The second kappa shape index (κ2) is 7.03. The molecule has 1 saturated heterocycles. The smallest absolute Gasteiger partial charge is 0.381 e. The van der Waals surface area contributed by atoms with Crippen molar-refractivity contribution in [2.24, 2.45) is 0 Å². The lowest BCUT2D eigenvalue weighted by molar-refractivity contribution is -0.137. The molecule has 1 aliphatic heterocycles. The molecule has 2 aromatic heterocycles. The van der Waals surface area contributed by atoms with E-state index in [9.17, 15) is 13.2 Å². The van der Waals surface area contributed by atoms with E-state index in [1.807, 2.05) is 6.92 Å². The Balaban J connectivity index is 1.79. The number of halogens is 4. The molecule has 4 rings (SSSR count). The zero-order valence-electron chi connectivity index (χ0n) is 15.4. The number of nitrogens with one attached hydrogen (secondary N) is 1. The molecule has 0 spiro atoms. The third-order valence-electron chi connectivity index (χ3n) is 4.90. The Kier molecular flexibility index (Phi) is 4.78. The average Bonchev–Trinajstić information content (AvgIpc) is 2.96. The predicted octanol–water partition coefficient (Wildman–Crippen LogP) is 4.05. The Hall–Kier alpha value is -2.59. The second-order valence-electron chi connectivity index (χ2n) is 7.20. The fraction of sp³-hybridized carbons (Fsp3) is 0.389. The minimum atomic E-state index is -4.55. The largest absolute Gasteiger partial charge is 0.416 e. The quantitative estimate of drug-likeness (QED) is 0.656. The predicted molar refractivity (Wildman–Crippen MR) is 103 cm³/mol. The van der Waals surface area contributed by atoms with Gasteiger partial charge in [0.15, 0.2) is 5.65 Å². The van der Waals surface area contributed by atoms with Crippen LogP contribution in [0.15, 0.2) is 24.4 Å². The van der Waals surface area contributed by atoms with Crippen molar-refractivity contribution in [2.45, 2.75) is 31.5 Å². The molecule has 1 aliphatic rings. The Morgan fingerprint density at radius 1 is 1.21 bits per heavy atom. The third-order valence-corrected chi connectivity index (χ3v) is 5.12. The first kappa shape index (κ1) is 19.7. The summed E-state index contributed by atoms with van der Waals surface area (Å²) < 4.78 is 46.3. The van der Waals surface area contributed by atoms with Gasteiger partial charge in [-0.15, -0.1) is 0 Å². The van der Waals surface area contributed by atoms with Crippen molar-refractivity contribution in [1.29, 1.82) is 0 Å². The zero-order valence-corrected chi connectivity index (χ0v) is 16.2. The molecule has 0 unspecified atom stereocenters. The highest BCUT2D eigenvalue weighted by Crippen LogP contribution is 2.34. The van der Waals surface area contributed by atoms with E-state index in [-0.39, 0.29) is 27.8 Å². The normalized spacial score (nSPS) is 16.9. The maximum Gasteiger partial charge on any atom is 0.416 e. The van der Waals surface area contributed by atoms with E-state index in [4.69, 9.17) is 22.1 Å². The summed E-state index contributed by atoms with van der Waals surface area (Å²) in [6, 6.07) is 3.19. The van der Waals surface area contributed by atoms with Crippen LogP contribution in [0.1, 0.15) is 25.3 Å². The van der Waals surface area contributed by atoms with Crippen molar-refractivity contribution < 1.29 is 17.9 Å². The van der Waals surface area contributed by atoms with Crippen molar-refractivity contribution in [3.63, 3.8) is 0 Å². The topological polar surface area (TPSA) is 90.9 Å². The number of nitrogens with two attached hydrogens (primary N) is 1. The van der Waals surface area contributed by atoms with Gasteiger partial charge in [-0.25, -0.2) is 9.97 Å². The van der Waals surface area contributed by atoms with Crippen molar-refractivity contribution >= 4 is 34.7 Å². The number of nitrogen functional groups attached to an aromatic ring is 1. The van der Waals surface area contributed by atoms with E-state index >= 15 is 0 Å². The van der Waals surface area contributed by atoms with Crippen LogP contribution >= 0.6 is 11.6 Å². The number of hydrogen-bond acceptors (Lipinski definition) is 6. The summed E-state index contributed by atoms with van der Waals surface area (Å²) in [5.41, 5.74) is 5.60. The summed E-state index contributed by atoms with van der Waals surface area (Å²) in [5, 5.41) is 3.22. The lowest BCUT2D eigenvalue weighted by atomic mass is 9.93. The minimum absolute atomic E-state index is 0.0147.